The average molecular weight is 367 g/mol. The summed E-state index contributed by atoms with van der Waals surface area (Å²) >= 11 is 0. The van der Waals surface area contributed by atoms with E-state index in [0.717, 1.165) is 31.1 Å². The fourth-order valence-corrected chi connectivity index (χ4v) is 3.13. The SMILES string of the molecule is CCC(C)Nc1cc(C(=O)Nc2ccc(N3CCC(C)CC3)cc2)ncn1. The highest BCUT2D eigenvalue weighted by Crippen LogP contribution is 2.24. The minimum atomic E-state index is -0.232. The van der Waals surface area contributed by atoms with Crippen LogP contribution in [0.3, 0.4) is 0 Å². The molecule has 0 radical (unpaired) electrons. The molecule has 0 aliphatic carbocycles. The first kappa shape index (κ1) is 19.1. The predicted octanol–water partition coefficient (Wildman–Crippen LogP) is 4.18. The van der Waals surface area contributed by atoms with Crippen molar-refractivity contribution in [2.75, 3.05) is 28.6 Å². The Balaban J connectivity index is 1.61. The molecule has 27 heavy (non-hydrogen) atoms. The molecule has 3 rings (SSSR count). The van der Waals surface area contributed by atoms with Crippen LogP contribution in [0.5, 0.6) is 0 Å². The summed E-state index contributed by atoms with van der Waals surface area (Å²) in [5.74, 6) is 1.25. The molecule has 1 aromatic carbocycles. The van der Waals surface area contributed by atoms with E-state index in [2.05, 4.69) is 58.4 Å². The Labute approximate surface area is 161 Å². The van der Waals surface area contributed by atoms with Gasteiger partial charge in [-0.3, -0.25) is 4.79 Å². The molecule has 0 spiro atoms. The van der Waals surface area contributed by atoms with Crippen LogP contribution in [0.1, 0.15) is 50.5 Å². The standard InChI is InChI=1S/C21H29N5O/c1-4-16(3)24-20-13-19(22-14-23-20)21(27)25-17-5-7-18(8-6-17)26-11-9-15(2)10-12-26/h5-8,13-16H,4,9-12H2,1-3H3,(H,25,27)(H,22,23,24). The number of nitrogens with one attached hydrogen (secondary N) is 2. The molecule has 1 aromatic heterocycles. The van der Waals surface area contributed by atoms with Crippen molar-refractivity contribution < 1.29 is 4.79 Å². The van der Waals surface area contributed by atoms with E-state index in [4.69, 9.17) is 0 Å². The Morgan fingerprint density at radius 2 is 1.93 bits per heavy atom. The summed E-state index contributed by atoms with van der Waals surface area (Å²) in [7, 11) is 0. The molecule has 0 saturated carbocycles. The number of piperidine rings is 1. The topological polar surface area (TPSA) is 70.2 Å². The van der Waals surface area contributed by atoms with Crippen LogP contribution in [0.25, 0.3) is 0 Å². The van der Waals surface area contributed by atoms with Crippen molar-refractivity contribution in [3.05, 3.63) is 42.4 Å². The number of carbonyl (C=O) groups is 1. The monoisotopic (exact) mass is 367 g/mol. The molecule has 2 aromatic rings. The average Bonchev–Trinajstić information content (AvgIpc) is 2.69. The van der Waals surface area contributed by atoms with Crippen LogP contribution in [0, 0.1) is 5.92 Å². The molecule has 2 heterocycles. The second-order valence-electron chi connectivity index (χ2n) is 7.41. The number of benzene rings is 1. The Bertz CT molecular complexity index is 753. The van der Waals surface area contributed by atoms with Crippen LogP contribution in [-0.2, 0) is 0 Å². The summed E-state index contributed by atoms with van der Waals surface area (Å²) in [4.78, 5) is 23.2. The van der Waals surface area contributed by atoms with Gasteiger partial charge in [-0.2, -0.15) is 0 Å². The summed E-state index contributed by atoms with van der Waals surface area (Å²) in [6.07, 6.45) is 4.87. The number of nitrogens with zero attached hydrogens (tertiary/aromatic N) is 3. The van der Waals surface area contributed by atoms with Gasteiger partial charge in [0.05, 0.1) is 0 Å². The predicted molar refractivity (Wildman–Crippen MR) is 110 cm³/mol. The van der Waals surface area contributed by atoms with E-state index in [1.54, 1.807) is 6.07 Å². The van der Waals surface area contributed by atoms with Crippen LogP contribution in [0.2, 0.25) is 0 Å². The summed E-state index contributed by atoms with van der Waals surface area (Å²) < 4.78 is 0. The van der Waals surface area contributed by atoms with E-state index in [9.17, 15) is 4.79 Å². The Hall–Kier alpha value is -2.63. The van der Waals surface area contributed by atoms with Crippen LogP contribution < -0.4 is 15.5 Å². The highest BCUT2D eigenvalue weighted by Gasteiger charge is 2.16. The summed E-state index contributed by atoms with van der Waals surface area (Å²) in [6.45, 7) is 8.68. The van der Waals surface area contributed by atoms with E-state index in [0.29, 0.717) is 17.6 Å². The van der Waals surface area contributed by atoms with Gasteiger partial charge in [-0.15, -0.1) is 0 Å². The lowest BCUT2D eigenvalue weighted by Gasteiger charge is -2.32. The zero-order valence-electron chi connectivity index (χ0n) is 16.4. The number of hydrogen-bond donors (Lipinski definition) is 2. The maximum absolute atomic E-state index is 12.5. The molecule has 2 N–H and O–H groups in total. The van der Waals surface area contributed by atoms with Gasteiger partial charge in [0.25, 0.3) is 5.91 Å². The number of hydrogen-bond acceptors (Lipinski definition) is 5. The number of carbonyl (C=O) groups excluding carboxylic acids is 1. The lowest BCUT2D eigenvalue weighted by Crippen LogP contribution is -2.32. The second-order valence-corrected chi connectivity index (χ2v) is 7.41. The molecule has 1 atom stereocenters. The van der Waals surface area contributed by atoms with Crippen molar-refractivity contribution in [3.63, 3.8) is 0 Å². The van der Waals surface area contributed by atoms with Gasteiger partial charge in [-0.1, -0.05) is 13.8 Å². The molecule has 1 fully saturated rings. The van der Waals surface area contributed by atoms with E-state index < -0.39 is 0 Å². The number of aromatic nitrogens is 2. The van der Waals surface area contributed by atoms with Crippen LogP contribution in [-0.4, -0.2) is 35.0 Å². The number of rotatable bonds is 6. The smallest absolute Gasteiger partial charge is 0.274 e. The third-order valence-electron chi connectivity index (χ3n) is 5.18. The minimum absolute atomic E-state index is 0.232. The lowest BCUT2D eigenvalue weighted by atomic mass is 9.99. The van der Waals surface area contributed by atoms with Gasteiger partial charge in [-0.05, 0) is 56.4 Å². The Morgan fingerprint density at radius 1 is 1.22 bits per heavy atom. The third kappa shape index (κ3) is 5.18. The van der Waals surface area contributed by atoms with Crippen LogP contribution in [0.4, 0.5) is 17.2 Å². The largest absolute Gasteiger partial charge is 0.372 e. The molecule has 144 valence electrons. The number of anilines is 3. The first-order valence-corrected chi connectivity index (χ1v) is 9.80. The molecule has 0 bridgehead atoms. The fraction of sp³-hybridized carbons (Fsp3) is 0.476. The highest BCUT2D eigenvalue weighted by atomic mass is 16.1. The maximum atomic E-state index is 12.5. The van der Waals surface area contributed by atoms with Crippen molar-refractivity contribution in [2.24, 2.45) is 5.92 Å². The Morgan fingerprint density at radius 3 is 2.59 bits per heavy atom. The van der Waals surface area contributed by atoms with E-state index in [1.807, 2.05) is 12.1 Å². The van der Waals surface area contributed by atoms with Crippen molar-refractivity contribution >= 4 is 23.1 Å². The molecule has 1 aliphatic heterocycles. The van der Waals surface area contributed by atoms with Gasteiger partial charge in [0.2, 0.25) is 0 Å². The second kappa shape index (κ2) is 8.84. The molecular formula is C21H29N5O. The lowest BCUT2D eigenvalue weighted by molar-refractivity contribution is 0.102. The van der Waals surface area contributed by atoms with Crippen LogP contribution >= 0.6 is 0 Å². The van der Waals surface area contributed by atoms with Crippen LogP contribution in [0.15, 0.2) is 36.7 Å². The summed E-state index contributed by atoms with van der Waals surface area (Å²) in [5, 5.41) is 6.18. The van der Waals surface area contributed by atoms with E-state index in [1.165, 1.54) is 24.9 Å². The number of amides is 1. The highest BCUT2D eigenvalue weighted by molar-refractivity contribution is 6.03. The molecular weight excluding hydrogens is 338 g/mol. The van der Waals surface area contributed by atoms with Gasteiger partial charge >= 0.3 is 0 Å². The van der Waals surface area contributed by atoms with Crippen molar-refractivity contribution in [2.45, 2.75) is 46.1 Å². The minimum Gasteiger partial charge on any atom is -0.372 e. The quantitative estimate of drug-likeness (QED) is 0.802. The third-order valence-corrected chi connectivity index (χ3v) is 5.18. The van der Waals surface area contributed by atoms with Gasteiger partial charge in [0, 0.05) is 36.6 Å². The molecule has 1 unspecified atom stereocenters. The van der Waals surface area contributed by atoms with E-state index >= 15 is 0 Å². The first-order chi connectivity index (χ1) is 13.0. The molecule has 6 nitrogen and oxygen atoms in total. The van der Waals surface area contributed by atoms with Gasteiger partial charge < -0.3 is 15.5 Å². The Kier molecular flexibility index (Phi) is 6.27. The summed E-state index contributed by atoms with van der Waals surface area (Å²) in [5.41, 5.74) is 2.33. The first-order valence-electron chi connectivity index (χ1n) is 9.80. The summed E-state index contributed by atoms with van der Waals surface area (Å²) in [6, 6.07) is 10.0. The molecule has 6 heteroatoms. The molecule has 1 saturated heterocycles. The fourth-order valence-electron chi connectivity index (χ4n) is 3.13. The van der Waals surface area contributed by atoms with Crippen molar-refractivity contribution in [3.8, 4) is 0 Å². The zero-order chi connectivity index (χ0) is 19.2. The normalized spacial score (nSPS) is 16.0. The van der Waals surface area contributed by atoms with Crippen molar-refractivity contribution in [1.29, 1.82) is 0 Å². The van der Waals surface area contributed by atoms with Gasteiger partial charge in [0.1, 0.15) is 17.8 Å². The van der Waals surface area contributed by atoms with Gasteiger partial charge in [0.15, 0.2) is 0 Å². The van der Waals surface area contributed by atoms with Gasteiger partial charge in [-0.25, -0.2) is 9.97 Å². The molecule has 1 amide bonds. The molecule has 1 aliphatic rings. The zero-order valence-corrected chi connectivity index (χ0v) is 16.4. The maximum Gasteiger partial charge on any atom is 0.274 e. The van der Waals surface area contributed by atoms with Crippen molar-refractivity contribution in [1.82, 2.24) is 9.97 Å². The van der Waals surface area contributed by atoms with E-state index in [-0.39, 0.29) is 5.91 Å².